The third-order valence-electron chi connectivity index (χ3n) is 2.63. The van der Waals surface area contributed by atoms with E-state index in [-0.39, 0.29) is 0 Å². The van der Waals surface area contributed by atoms with Crippen molar-refractivity contribution in [2.45, 2.75) is 32.9 Å². The first kappa shape index (κ1) is 14.1. The average molecular weight is 254 g/mol. The van der Waals surface area contributed by atoms with Gasteiger partial charge in [0, 0.05) is 23.2 Å². The zero-order valence-electron chi connectivity index (χ0n) is 10.5. The summed E-state index contributed by atoms with van der Waals surface area (Å²) in [6.45, 7) is 9.24. The van der Waals surface area contributed by atoms with Crippen molar-refractivity contribution in [3.8, 4) is 5.75 Å². The Morgan fingerprint density at radius 3 is 2.94 bits per heavy atom. The predicted octanol–water partition coefficient (Wildman–Crippen LogP) is 3.79. The second-order valence-corrected chi connectivity index (χ2v) is 4.48. The van der Waals surface area contributed by atoms with Crippen LogP contribution >= 0.6 is 11.6 Å². The fraction of sp³-hybridized carbons (Fsp3) is 0.429. The van der Waals surface area contributed by atoms with Crippen molar-refractivity contribution in [3.05, 3.63) is 41.4 Å². The molecule has 17 heavy (non-hydrogen) atoms. The Hall–Kier alpha value is -0.990. The number of benzene rings is 1. The van der Waals surface area contributed by atoms with Gasteiger partial charge in [-0.1, -0.05) is 31.2 Å². The van der Waals surface area contributed by atoms with Gasteiger partial charge in [-0.25, -0.2) is 0 Å². The Kier molecular flexibility index (Phi) is 6.09. The minimum atomic E-state index is 0.487. The lowest BCUT2D eigenvalue weighted by Gasteiger charge is -2.14. The number of hydrogen-bond acceptors (Lipinski definition) is 2. The first-order chi connectivity index (χ1) is 8.17. The molecule has 0 amide bonds. The summed E-state index contributed by atoms with van der Waals surface area (Å²) in [5, 5.41) is 4.16. The van der Waals surface area contributed by atoms with E-state index >= 15 is 0 Å². The molecule has 1 aromatic rings. The minimum absolute atomic E-state index is 0.487. The Labute approximate surface area is 109 Å². The molecule has 94 valence electrons. The third kappa shape index (κ3) is 4.80. The smallest absolute Gasteiger partial charge is 0.124 e. The zero-order valence-corrected chi connectivity index (χ0v) is 11.3. The SMILES string of the molecule is C=CCOc1ccc(Cl)cc1CN[C@@H](C)CC. The van der Waals surface area contributed by atoms with E-state index in [0.717, 1.165) is 29.3 Å². The predicted molar refractivity (Wildman–Crippen MR) is 73.7 cm³/mol. The van der Waals surface area contributed by atoms with Gasteiger partial charge in [0.15, 0.2) is 0 Å². The van der Waals surface area contributed by atoms with Crippen molar-refractivity contribution in [2.75, 3.05) is 6.61 Å². The van der Waals surface area contributed by atoms with Crippen molar-refractivity contribution >= 4 is 11.6 Å². The van der Waals surface area contributed by atoms with E-state index in [0.29, 0.717) is 12.6 Å². The molecule has 0 fully saturated rings. The number of ether oxygens (including phenoxy) is 1. The van der Waals surface area contributed by atoms with Crippen LogP contribution in [0.25, 0.3) is 0 Å². The molecule has 0 spiro atoms. The Morgan fingerprint density at radius 2 is 2.29 bits per heavy atom. The van der Waals surface area contributed by atoms with Gasteiger partial charge in [0.25, 0.3) is 0 Å². The van der Waals surface area contributed by atoms with Crippen molar-refractivity contribution in [1.82, 2.24) is 5.32 Å². The van der Waals surface area contributed by atoms with Gasteiger partial charge in [0.1, 0.15) is 12.4 Å². The van der Waals surface area contributed by atoms with Gasteiger partial charge in [-0.3, -0.25) is 0 Å². The van der Waals surface area contributed by atoms with Crippen LogP contribution < -0.4 is 10.1 Å². The lowest BCUT2D eigenvalue weighted by atomic mass is 10.1. The number of hydrogen-bond donors (Lipinski definition) is 1. The van der Waals surface area contributed by atoms with E-state index in [1.165, 1.54) is 0 Å². The van der Waals surface area contributed by atoms with Gasteiger partial charge in [-0.2, -0.15) is 0 Å². The number of rotatable bonds is 7. The van der Waals surface area contributed by atoms with Crippen LogP contribution in [0.2, 0.25) is 5.02 Å². The van der Waals surface area contributed by atoms with Gasteiger partial charge in [-0.15, -0.1) is 0 Å². The van der Waals surface area contributed by atoms with E-state index in [4.69, 9.17) is 16.3 Å². The second kappa shape index (κ2) is 7.36. The van der Waals surface area contributed by atoms with Crippen molar-refractivity contribution in [2.24, 2.45) is 0 Å². The molecule has 0 aliphatic heterocycles. The van der Waals surface area contributed by atoms with Crippen LogP contribution in [0.4, 0.5) is 0 Å². The number of nitrogens with one attached hydrogen (secondary N) is 1. The summed E-state index contributed by atoms with van der Waals surface area (Å²) in [6, 6.07) is 6.17. The average Bonchev–Trinajstić information content (AvgIpc) is 2.34. The maximum Gasteiger partial charge on any atom is 0.124 e. The molecule has 0 aliphatic rings. The summed E-state index contributed by atoms with van der Waals surface area (Å²) in [6.07, 6.45) is 2.84. The van der Waals surface area contributed by atoms with Gasteiger partial charge < -0.3 is 10.1 Å². The normalized spacial score (nSPS) is 12.2. The lowest BCUT2D eigenvalue weighted by Crippen LogP contribution is -2.24. The topological polar surface area (TPSA) is 21.3 Å². The molecule has 0 aliphatic carbocycles. The summed E-state index contributed by atoms with van der Waals surface area (Å²) >= 11 is 6.00. The summed E-state index contributed by atoms with van der Waals surface area (Å²) in [7, 11) is 0. The summed E-state index contributed by atoms with van der Waals surface area (Å²) in [5.41, 5.74) is 1.08. The van der Waals surface area contributed by atoms with Crippen LogP contribution in [-0.4, -0.2) is 12.6 Å². The molecular weight excluding hydrogens is 234 g/mol. The minimum Gasteiger partial charge on any atom is -0.489 e. The molecule has 0 radical (unpaired) electrons. The summed E-state index contributed by atoms with van der Waals surface area (Å²) in [4.78, 5) is 0. The molecule has 0 aromatic heterocycles. The van der Waals surface area contributed by atoms with Crippen LogP contribution in [0.15, 0.2) is 30.9 Å². The van der Waals surface area contributed by atoms with E-state index < -0.39 is 0 Å². The van der Waals surface area contributed by atoms with Gasteiger partial charge >= 0.3 is 0 Å². The maximum atomic E-state index is 6.00. The first-order valence-electron chi connectivity index (χ1n) is 5.92. The fourth-order valence-corrected chi connectivity index (χ4v) is 1.60. The molecule has 0 heterocycles. The molecule has 2 nitrogen and oxygen atoms in total. The van der Waals surface area contributed by atoms with Gasteiger partial charge in [0.2, 0.25) is 0 Å². The summed E-state index contributed by atoms with van der Waals surface area (Å²) < 4.78 is 5.59. The van der Waals surface area contributed by atoms with Crippen molar-refractivity contribution in [1.29, 1.82) is 0 Å². The Balaban J connectivity index is 2.72. The second-order valence-electron chi connectivity index (χ2n) is 4.04. The summed E-state index contributed by atoms with van der Waals surface area (Å²) in [5.74, 6) is 0.866. The Bertz CT molecular complexity index is 365. The highest BCUT2D eigenvalue weighted by Crippen LogP contribution is 2.23. The molecule has 0 saturated carbocycles. The van der Waals surface area contributed by atoms with Crippen LogP contribution in [0, 0.1) is 0 Å². The first-order valence-corrected chi connectivity index (χ1v) is 6.30. The van der Waals surface area contributed by atoms with Crippen molar-refractivity contribution in [3.63, 3.8) is 0 Å². The molecule has 1 N–H and O–H groups in total. The molecule has 1 rings (SSSR count). The standard InChI is InChI=1S/C14H20ClNO/c1-4-8-17-14-7-6-13(15)9-12(14)10-16-11(3)5-2/h4,6-7,9,11,16H,1,5,8,10H2,2-3H3/t11-/m0/s1. The van der Waals surface area contributed by atoms with Crippen LogP contribution in [0.5, 0.6) is 5.75 Å². The van der Waals surface area contributed by atoms with Gasteiger partial charge in [-0.05, 0) is 31.5 Å². The van der Waals surface area contributed by atoms with E-state index in [9.17, 15) is 0 Å². The van der Waals surface area contributed by atoms with E-state index in [1.807, 2.05) is 18.2 Å². The molecule has 1 atom stereocenters. The highest BCUT2D eigenvalue weighted by molar-refractivity contribution is 6.30. The zero-order chi connectivity index (χ0) is 12.7. The van der Waals surface area contributed by atoms with Gasteiger partial charge in [0.05, 0.1) is 0 Å². The van der Waals surface area contributed by atoms with Crippen LogP contribution in [0.3, 0.4) is 0 Å². The quantitative estimate of drug-likeness (QED) is 0.747. The molecule has 3 heteroatoms. The highest BCUT2D eigenvalue weighted by atomic mass is 35.5. The van der Waals surface area contributed by atoms with Crippen LogP contribution in [-0.2, 0) is 6.54 Å². The molecule has 0 bridgehead atoms. The van der Waals surface area contributed by atoms with Crippen LogP contribution in [0.1, 0.15) is 25.8 Å². The largest absolute Gasteiger partial charge is 0.489 e. The monoisotopic (exact) mass is 253 g/mol. The molecule has 0 unspecified atom stereocenters. The third-order valence-corrected chi connectivity index (χ3v) is 2.87. The fourth-order valence-electron chi connectivity index (χ4n) is 1.40. The van der Waals surface area contributed by atoms with E-state index in [1.54, 1.807) is 6.08 Å². The Morgan fingerprint density at radius 1 is 1.53 bits per heavy atom. The lowest BCUT2D eigenvalue weighted by molar-refractivity contribution is 0.356. The number of halogens is 1. The maximum absolute atomic E-state index is 6.00. The molecular formula is C14H20ClNO. The van der Waals surface area contributed by atoms with Crippen molar-refractivity contribution < 1.29 is 4.74 Å². The molecule has 0 saturated heterocycles. The van der Waals surface area contributed by atoms with E-state index in [2.05, 4.69) is 25.7 Å². The highest BCUT2D eigenvalue weighted by Gasteiger charge is 2.06. The molecule has 1 aromatic carbocycles.